The summed E-state index contributed by atoms with van der Waals surface area (Å²) in [5.74, 6) is 1.91. The molecule has 0 radical (unpaired) electrons. The standard InChI is InChI=1S/C16H20ClN5O/c1-9(2)13(18)7-10-6-12-14(19-8-11-4-3-5-23-11)21-16(17)22-15(12)20-10/h3-6,9,13H,7-8,18H2,1-2H3,(H2,19,20,21,22)/t13-/m1/s1. The summed E-state index contributed by atoms with van der Waals surface area (Å²) < 4.78 is 5.32. The van der Waals surface area contributed by atoms with Gasteiger partial charge in [0.05, 0.1) is 18.2 Å². The first kappa shape index (κ1) is 15.8. The van der Waals surface area contributed by atoms with E-state index in [4.69, 9.17) is 21.8 Å². The maximum atomic E-state index is 6.15. The molecule has 3 aromatic rings. The fourth-order valence-electron chi connectivity index (χ4n) is 2.35. The molecular weight excluding hydrogens is 314 g/mol. The summed E-state index contributed by atoms with van der Waals surface area (Å²) >= 11 is 6.02. The lowest BCUT2D eigenvalue weighted by Crippen LogP contribution is -2.28. The van der Waals surface area contributed by atoms with Gasteiger partial charge in [0.15, 0.2) is 0 Å². The number of rotatable bonds is 6. The molecule has 7 heteroatoms. The summed E-state index contributed by atoms with van der Waals surface area (Å²) in [6.07, 6.45) is 2.39. The third-order valence-corrected chi connectivity index (χ3v) is 4.01. The van der Waals surface area contributed by atoms with Crippen molar-refractivity contribution >= 4 is 28.5 Å². The van der Waals surface area contributed by atoms with E-state index in [-0.39, 0.29) is 11.3 Å². The highest BCUT2D eigenvalue weighted by Crippen LogP contribution is 2.24. The summed E-state index contributed by atoms with van der Waals surface area (Å²) in [4.78, 5) is 11.8. The molecule has 0 unspecified atom stereocenters. The van der Waals surface area contributed by atoms with Crippen molar-refractivity contribution in [2.75, 3.05) is 5.32 Å². The van der Waals surface area contributed by atoms with Gasteiger partial charge in [-0.3, -0.25) is 0 Å². The Labute approximate surface area is 139 Å². The molecule has 1 atom stereocenters. The number of nitrogens with one attached hydrogen (secondary N) is 2. The van der Waals surface area contributed by atoms with E-state index in [2.05, 4.69) is 34.1 Å². The number of aromatic amines is 1. The van der Waals surface area contributed by atoms with Crippen LogP contribution in [0, 0.1) is 5.92 Å². The summed E-state index contributed by atoms with van der Waals surface area (Å²) in [5, 5.41) is 4.33. The van der Waals surface area contributed by atoms with Crippen LogP contribution in [0.5, 0.6) is 0 Å². The summed E-state index contributed by atoms with van der Waals surface area (Å²) in [6.45, 7) is 4.75. The van der Waals surface area contributed by atoms with Gasteiger partial charge >= 0.3 is 0 Å². The zero-order chi connectivity index (χ0) is 16.4. The molecule has 6 nitrogen and oxygen atoms in total. The largest absolute Gasteiger partial charge is 0.467 e. The van der Waals surface area contributed by atoms with Crippen molar-refractivity contribution in [2.24, 2.45) is 11.7 Å². The number of aromatic nitrogens is 3. The highest BCUT2D eigenvalue weighted by atomic mass is 35.5. The Hall–Kier alpha value is -2.05. The highest BCUT2D eigenvalue weighted by molar-refractivity contribution is 6.28. The quantitative estimate of drug-likeness (QED) is 0.601. The maximum absolute atomic E-state index is 6.15. The molecule has 23 heavy (non-hydrogen) atoms. The van der Waals surface area contributed by atoms with Crippen LogP contribution in [0.25, 0.3) is 11.0 Å². The Morgan fingerprint density at radius 1 is 1.39 bits per heavy atom. The van der Waals surface area contributed by atoms with Crippen molar-refractivity contribution < 1.29 is 4.42 Å². The molecule has 0 aromatic carbocycles. The van der Waals surface area contributed by atoms with Crippen LogP contribution >= 0.6 is 11.6 Å². The molecule has 3 rings (SSSR count). The van der Waals surface area contributed by atoms with Gasteiger partial charge in [-0.2, -0.15) is 4.98 Å². The second-order valence-corrected chi connectivity index (χ2v) is 6.28. The van der Waals surface area contributed by atoms with E-state index in [1.165, 1.54) is 0 Å². The second kappa shape index (κ2) is 6.60. The van der Waals surface area contributed by atoms with Gasteiger partial charge in [-0.15, -0.1) is 0 Å². The number of anilines is 1. The Morgan fingerprint density at radius 3 is 2.91 bits per heavy atom. The summed E-state index contributed by atoms with van der Waals surface area (Å²) in [6, 6.07) is 5.86. The number of fused-ring (bicyclic) bond motifs is 1. The number of hydrogen-bond donors (Lipinski definition) is 3. The van der Waals surface area contributed by atoms with Crippen LogP contribution in [0.1, 0.15) is 25.3 Å². The minimum atomic E-state index is 0.0889. The molecule has 0 fully saturated rings. The smallest absolute Gasteiger partial charge is 0.226 e. The van der Waals surface area contributed by atoms with Gasteiger partial charge < -0.3 is 20.5 Å². The average molecular weight is 334 g/mol. The first-order chi connectivity index (χ1) is 11.0. The van der Waals surface area contributed by atoms with E-state index in [0.29, 0.717) is 23.9 Å². The van der Waals surface area contributed by atoms with E-state index in [1.807, 2.05) is 18.2 Å². The zero-order valence-corrected chi connectivity index (χ0v) is 13.9. The van der Waals surface area contributed by atoms with E-state index >= 15 is 0 Å². The Kier molecular flexibility index (Phi) is 4.54. The zero-order valence-electron chi connectivity index (χ0n) is 13.1. The molecule has 0 aliphatic rings. The monoisotopic (exact) mass is 333 g/mol. The van der Waals surface area contributed by atoms with Crippen molar-refractivity contribution in [3.8, 4) is 0 Å². The molecule has 3 heterocycles. The molecular formula is C16H20ClN5O. The van der Waals surface area contributed by atoms with Crippen molar-refractivity contribution in [3.63, 3.8) is 0 Å². The van der Waals surface area contributed by atoms with Crippen molar-refractivity contribution in [2.45, 2.75) is 32.9 Å². The van der Waals surface area contributed by atoms with Crippen LogP contribution in [0.2, 0.25) is 5.28 Å². The summed E-state index contributed by atoms with van der Waals surface area (Å²) in [7, 11) is 0. The SMILES string of the molecule is CC(C)[C@H](N)Cc1cc2c(NCc3ccco3)nc(Cl)nc2[nH]1. The van der Waals surface area contributed by atoms with Crippen LogP contribution in [0.3, 0.4) is 0 Å². The lowest BCUT2D eigenvalue weighted by atomic mass is 10.0. The van der Waals surface area contributed by atoms with Crippen LogP contribution < -0.4 is 11.1 Å². The Balaban J connectivity index is 1.86. The van der Waals surface area contributed by atoms with Crippen LogP contribution in [0.15, 0.2) is 28.9 Å². The molecule has 0 spiro atoms. The molecule has 0 bridgehead atoms. The topological polar surface area (TPSA) is 92.8 Å². The molecule has 0 aliphatic carbocycles. The molecule has 0 aliphatic heterocycles. The Morgan fingerprint density at radius 2 is 2.22 bits per heavy atom. The number of furan rings is 1. The van der Waals surface area contributed by atoms with E-state index < -0.39 is 0 Å². The molecule has 0 saturated heterocycles. The van der Waals surface area contributed by atoms with Gasteiger partial charge in [-0.05, 0) is 35.7 Å². The molecule has 0 amide bonds. The second-order valence-electron chi connectivity index (χ2n) is 5.94. The third-order valence-electron chi connectivity index (χ3n) is 3.84. The predicted octanol–water partition coefficient (Wildman–Crippen LogP) is 3.34. The van der Waals surface area contributed by atoms with Gasteiger partial charge in [0.25, 0.3) is 0 Å². The number of nitrogens with two attached hydrogens (primary N) is 1. The van der Waals surface area contributed by atoms with Crippen molar-refractivity contribution in [1.29, 1.82) is 0 Å². The lowest BCUT2D eigenvalue weighted by Gasteiger charge is -2.13. The predicted molar refractivity (Wildman–Crippen MR) is 91.5 cm³/mol. The van der Waals surface area contributed by atoms with Crippen molar-refractivity contribution in [1.82, 2.24) is 15.0 Å². The number of nitrogens with zero attached hydrogens (tertiary/aromatic N) is 2. The highest BCUT2D eigenvalue weighted by Gasteiger charge is 2.14. The fourth-order valence-corrected chi connectivity index (χ4v) is 2.52. The minimum absolute atomic E-state index is 0.0889. The van der Waals surface area contributed by atoms with Crippen molar-refractivity contribution in [3.05, 3.63) is 41.2 Å². The number of halogens is 1. The van der Waals surface area contributed by atoms with Crippen LogP contribution in [-0.4, -0.2) is 21.0 Å². The molecule has 0 saturated carbocycles. The van der Waals surface area contributed by atoms with Gasteiger partial charge in [0.1, 0.15) is 17.2 Å². The minimum Gasteiger partial charge on any atom is -0.467 e. The van der Waals surface area contributed by atoms with Gasteiger partial charge in [-0.1, -0.05) is 13.8 Å². The average Bonchev–Trinajstić information content (AvgIpc) is 3.13. The first-order valence-electron chi connectivity index (χ1n) is 7.60. The molecule has 3 aromatic heterocycles. The number of hydrogen-bond acceptors (Lipinski definition) is 5. The van der Waals surface area contributed by atoms with E-state index in [9.17, 15) is 0 Å². The van der Waals surface area contributed by atoms with Crippen LogP contribution in [0.4, 0.5) is 5.82 Å². The first-order valence-corrected chi connectivity index (χ1v) is 7.97. The number of H-pyrrole nitrogens is 1. The molecule has 122 valence electrons. The lowest BCUT2D eigenvalue weighted by molar-refractivity contribution is 0.487. The normalized spacial score (nSPS) is 12.9. The Bertz CT molecular complexity index is 781. The van der Waals surface area contributed by atoms with Gasteiger partial charge in [0.2, 0.25) is 5.28 Å². The molecule has 4 N–H and O–H groups in total. The third kappa shape index (κ3) is 3.65. The van der Waals surface area contributed by atoms with E-state index in [0.717, 1.165) is 23.3 Å². The maximum Gasteiger partial charge on any atom is 0.226 e. The fraction of sp³-hybridized carbons (Fsp3) is 0.375. The van der Waals surface area contributed by atoms with Gasteiger partial charge in [0, 0.05) is 18.2 Å². The van der Waals surface area contributed by atoms with Crippen LogP contribution in [-0.2, 0) is 13.0 Å². The van der Waals surface area contributed by atoms with E-state index in [1.54, 1.807) is 6.26 Å². The van der Waals surface area contributed by atoms with Gasteiger partial charge in [-0.25, -0.2) is 4.98 Å². The summed E-state index contributed by atoms with van der Waals surface area (Å²) in [5.41, 5.74) is 7.88.